The van der Waals surface area contributed by atoms with Crippen molar-refractivity contribution in [3.63, 3.8) is 0 Å². The summed E-state index contributed by atoms with van der Waals surface area (Å²) in [6, 6.07) is 14.4. The molecule has 1 aliphatic rings. The predicted molar refractivity (Wildman–Crippen MR) is 98.4 cm³/mol. The Labute approximate surface area is 148 Å². The van der Waals surface area contributed by atoms with E-state index in [4.69, 9.17) is 4.74 Å². The maximum absolute atomic E-state index is 11.6. The number of nitrogens with one attached hydrogen (secondary N) is 2. The molecule has 1 aliphatic heterocycles. The van der Waals surface area contributed by atoms with Crippen molar-refractivity contribution in [2.45, 2.75) is 44.4 Å². The highest BCUT2D eigenvalue weighted by Gasteiger charge is 2.32. The van der Waals surface area contributed by atoms with E-state index in [0.29, 0.717) is 0 Å². The molecule has 132 valence electrons. The van der Waals surface area contributed by atoms with Gasteiger partial charge in [-0.05, 0) is 30.9 Å². The molecule has 1 aromatic carbocycles. The molecular formula is C20H25N3O2. The first-order valence-electron chi connectivity index (χ1n) is 8.75. The Morgan fingerprint density at radius 1 is 1.20 bits per heavy atom. The third-order valence-corrected chi connectivity index (χ3v) is 4.54. The number of nitrogens with zero attached hydrogens (tertiary/aromatic N) is 1. The van der Waals surface area contributed by atoms with Gasteiger partial charge in [0.2, 0.25) is 5.91 Å². The van der Waals surface area contributed by atoms with Gasteiger partial charge in [-0.25, -0.2) is 4.98 Å². The fourth-order valence-corrected chi connectivity index (χ4v) is 3.52. The van der Waals surface area contributed by atoms with Crippen LogP contribution in [0.1, 0.15) is 37.0 Å². The van der Waals surface area contributed by atoms with Gasteiger partial charge in [-0.3, -0.25) is 4.79 Å². The number of pyridine rings is 1. The van der Waals surface area contributed by atoms with Crippen LogP contribution in [0.3, 0.4) is 0 Å². The average molecular weight is 339 g/mol. The van der Waals surface area contributed by atoms with Gasteiger partial charge in [-0.1, -0.05) is 36.4 Å². The number of hydrogen-bond donors (Lipinski definition) is 2. The van der Waals surface area contributed by atoms with Crippen LogP contribution in [-0.4, -0.2) is 30.1 Å². The van der Waals surface area contributed by atoms with Crippen LogP contribution in [0.15, 0.2) is 48.7 Å². The van der Waals surface area contributed by atoms with E-state index in [1.165, 1.54) is 5.56 Å². The minimum Gasteiger partial charge on any atom is -0.373 e. The van der Waals surface area contributed by atoms with Crippen molar-refractivity contribution in [3.05, 3.63) is 59.8 Å². The second kappa shape index (κ2) is 8.12. The van der Waals surface area contributed by atoms with Gasteiger partial charge in [-0.15, -0.1) is 0 Å². The third-order valence-electron chi connectivity index (χ3n) is 4.54. The van der Waals surface area contributed by atoms with Crippen LogP contribution in [0.2, 0.25) is 0 Å². The van der Waals surface area contributed by atoms with Gasteiger partial charge in [0, 0.05) is 31.8 Å². The maximum atomic E-state index is 11.6. The first-order valence-corrected chi connectivity index (χ1v) is 8.75. The molecule has 5 heteroatoms. The van der Waals surface area contributed by atoms with Crippen molar-refractivity contribution in [3.8, 4) is 0 Å². The van der Waals surface area contributed by atoms with E-state index in [1.54, 1.807) is 13.1 Å². The molecule has 1 aromatic heterocycles. The first kappa shape index (κ1) is 17.4. The lowest BCUT2D eigenvalue weighted by Crippen LogP contribution is -2.43. The summed E-state index contributed by atoms with van der Waals surface area (Å²) < 4.78 is 6.40. The number of amides is 1. The molecule has 0 spiro atoms. The smallest absolute Gasteiger partial charge is 0.217 e. The number of rotatable bonds is 5. The number of aromatic nitrogens is 1. The molecule has 0 radical (unpaired) electrons. The lowest BCUT2D eigenvalue weighted by Gasteiger charge is -2.36. The monoisotopic (exact) mass is 339 g/mol. The summed E-state index contributed by atoms with van der Waals surface area (Å²) in [5.41, 5.74) is 2.29. The molecule has 3 rings (SSSR count). The van der Waals surface area contributed by atoms with Gasteiger partial charge in [0.05, 0.1) is 12.2 Å². The highest BCUT2D eigenvalue weighted by Crippen LogP contribution is 2.35. The Kier molecular flexibility index (Phi) is 5.66. The van der Waals surface area contributed by atoms with E-state index >= 15 is 0 Å². The zero-order valence-electron chi connectivity index (χ0n) is 14.7. The topological polar surface area (TPSA) is 63.2 Å². The number of carbonyl (C=O) groups excluding carboxylic acids is 1. The molecule has 25 heavy (non-hydrogen) atoms. The molecule has 2 heterocycles. The molecule has 2 aromatic rings. The summed E-state index contributed by atoms with van der Waals surface area (Å²) in [5.74, 6) is 0.832. The second-order valence-corrected chi connectivity index (χ2v) is 6.50. The Balaban J connectivity index is 1.81. The number of ether oxygens (including phenoxy) is 1. The first-order chi connectivity index (χ1) is 12.2. The van der Waals surface area contributed by atoms with E-state index in [1.807, 2.05) is 37.4 Å². The van der Waals surface area contributed by atoms with Crippen molar-refractivity contribution in [2.75, 3.05) is 12.4 Å². The van der Waals surface area contributed by atoms with Crippen LogP contribution in [0.4, 0.5) is 5.82 Å². The molecule has 0 aliphatic carbocycles. The maximum Gasteiger partial charge on any atom is 0.217 e. The zero-order chi connectivity index (χ0) is 17.6. The van der Waals surface area contributed by atoms with Crippen molar-refractivity contribution in [2.24, 2.45) is 0 Å². The van der Waals surface area contributed by atoms with Crippen LogP contribution < -0.4 is 10.6 Å². The normalized spacial score (nSPS) is 23.0. The van der Waals surface area contributed by atoms with Gasteiger partial charge in [0.25, 0.3) is 0 Å². The van der Waals surface area contributed by atoms with E-state index < -0.39 is 0 Å². The van der Waals surface area contributed by atoms with Crippen LogP contribution in [0.5, 0.6) is 0 Å². The molecule has 0 bridgehead atoms. The lowest BCUT2D eigenvalue weighted by atomic mass is 9.91. The van der Waals surface area contributed by atoms with Crippen molar-refractivity contribution >= 4 is 11.7 Å². The minimum absolute atomic E-state index is 0.00383. The molecule has 1 amide bonds. The quantitative estimate of drug-likeness (QED) is 0.879. The Morgan fingerprint density at radius 3 is 2.72 bits per heavy atom. The van der Waals surface area contributed by atoms with Crippen molar-refractivity contribution in [1.29, 1.82) is 0 Å². The number of benzene rings is 1. The molecule has 0 unspecified atom stereocenters. The van der Waals surface area contributed by atoms with Crippen LogP contribution in [-0.2, 0) is 16.0 Å². The fraction of sp³-hybridized carbons (Fsp3) is 0.400. The summed E-state index contributed by atoms with van der Waals surface area (Å²) in [4.78, 5) is 16.0. The van der Waals surface area contributed by atoms with Gasteiger partial charge >= 0.3 is 0 Å². The van der Waals surface area contributed by atoms with Crippen LogP contribution >= 0.6 is 0 Å². The molecule has 0 saturated carbocycles. The van der Waals surface area contributed by atoms with Gasteiger partial charge in [0.15, 0.2) is 0 Å². The summed E-state index contributed by atoms with van der Waals surface area (Å²) in [5, 5.41) is 6.21. The SMILES string of the molecule is CNc1ncccc1[C@@H]1C[C@H](NC(C)=O)C[C@H](Cc2ccccc2)O1. The minimum atomic E-state index is -0.0875. The molecule has 2 N–H and O–H groups in total. The van der Waals surface area contributed by atoms with Gasteiger partial charge < -0.3 is 15.4 Å². The summed E-state index contributed by atoms with van der Waals surface area (Å²) >= 11 is 0. The van der Waals surface area contributed by atoms with E-state index in [-0.39, 0.29) is 24.2 Å². The number of carbonyl (C=O) groups is 1. The zero-order valence-corrected chi connectivity index (χ0v) is 14.7. The number of anilines is 1. The lowest BCUT2D eigenvalue weighted by molar-refractivity contribution is -0.122. The van der Waals surface area contributed by atoms with E-state index in [9.17, 15) is 4.79 Å². The molecule has 1 saturated heterocycles. The fourth-order valence-electron chi connectivity index (χ4n) is 3.52. The molecule has 1 fully saturated rings. The predicted octanol–water partition coefficient (Wildman–Crippen LogP) is 3.09. The second-order valence-electron chi connectivity index (χ2n) is 6.50. The highest BCUT2D eigenvalue weighted by atomic mass is 16.5. The van der Waals surface area contributed by atoms with E-state index in [2.05, 4.69) is 27.8 Å². The van der Waals surface area contributed by atoms with Crippen LogP contribution in [0, 0.1) is 0 Å². The molecular weight excluding hydrogens is 314 g/mol. The Bertz CT molecular complexity index is 705. The van der Waals surface area contributed by atoms with Crippen molar-refractivity contribution in [1.82, 2.24) is 10.3 Å². The van der Waals surface area contributed by atoms with Gasteiger partial charge in [0.1, 0.15) is 5.82 Å². The van der Waals surface area contributed by atoms with E-state index in [0.717, 1.165) is 30.6 Å². The Morgan fingerprint density at radius 2 is 2.00 bits per heavy atom. The number of hydrogen-bond acceptors (Lipinski definition) is 4. The van der Waals surface area contributed by atoms with Crippen LogP contribution in [0.25, 0.3) is 0 Å². The highest BCUT2D eigenvalue weighted by molar-refractivity contribution is 5.73. The molecule has 5 nitrogen and oxygen atoms in total. The summed E-state index contributed by atoms with van der Waals surface area (Å²) in [6.07, 6.45) is 4.15. The summed E-state index contributed by atoms with van der Waals surface area (Å²) in [7, 11) is 1.86. The standard InChI is InChI=1S/C20H25N3O2/c1-14(24)23-16-12-17(11-15-7-4-3-5-8-15)25-19(13-16)18-9-6-10-22-20(18)21-2/h3-10,16-17,19H,11-13H2,1-2H3,(H,21,22)(H,23,24)/t16-,17+,19+/m1/s1. The third kappa shape index (κ3) is 4.57. The largest absolute Gasteiger partial charge is 0.373 e. The van der Waals surface area contributed by atoms with Gasteiger partial charge in [-0.2, -0.15) is 0 Å². The summed E-state index contributed by atoms with van der Waals surface area (Å²) in [6.45, 7) is 1.57. The van der Waals surface area contributed by atoms with Crippen molar-refractivity contribution < 1.29 is 9.53 Å². The molecule has 3 atom stereocenters. The average Bonchev–Trinajstić information content (AvgIpc) is 2.61. The Hall–Kier alpha value is -2.40.